The van der Waals surface area contributed by atoms with E-state index in [-0.39, 0.29) is 33.8 Å². The lowest BCUT2D eigenvalue weighted by molar-refractivity contribution is -0.128. The Morgan fingerprint density at radius 1 is 1.31 bits per heavy atom. The van der Waals surface area contributed by atoms with E-state index >= 15 is 0 Å². The first-order valence-electron chi connectivity index (χ1n) is 9.87. The lowest BCUT2D eigenvalue weighted by Crippen LogP contribution is -2.42. The fourth-order valence-electron chi connectivity index (χ4n) is 3.25. The van der Waals surface area contributed by atoms with Gasteiger partial charge in [0.15, 0.2) is 6.10 Å². The molecule has 1 fully saturated rings. The van der Waals surface area contributed by atoms with Crippen molar-refractivity contribution in [2.45, 2.75) is 51.2 Å². The zero-order valence-corrected chi connectivity index (χ0v) is 19.5. The molecule has 1 amide bonds. The number of aromatic amines is 1. The maximum absolute atomic E-state index is 12.4. The van der Waals surface area contributed by atoms with E-state index in [0.29, 0.717) is 12.0 Å². The number of carbonyl (C=O) groups excluding carboxylic acids is 1. The van der Waals surface area contributed by atoms with Crippen LogP contribution >= 0.6 is 34.8 Å². The fraction of sp³-hybridized carbons (Fsp3) is 0.450. The minimum absolute atomic E-state index is 0.0158. The first-order valence-corrected chi connectivity index (χ1v) is 11.0. The first-order chi connectivity index (χ1) is 15.1. The Bertz CT molecular complexity index is 1120. The molecule has 174 valence electrons. The molecule has 0 saturated carbocycles. The third-order valence-electron chi connectivity index (χ3n) is 5.06. The van der Waals surface area contributed by atoms with E-state index in [1.165, 1.54) is 29.8 Å². The summed E-state index contributed by atoms with van der Waals surface area (Å²) in [6.07, 6.45) is -1.39. The highest BCUT2D eigenvalue weighted by atomic mass is 35.5. The van der Waals surface area contributed by atoms with E-state index in [9.17, 15) is 19.5 Å². The Hall–Kier alpha value is -2.04. The minimum atomic E-state index is -0.926. The van der Waals surface area contributed by atoms with Gasteiger partial charge in [-0.25, -0.2) is 4.79 Å². The van der Waals surface area contributed by atoms with E-state index in [1.54, 1.807) is 6.92 Å². The summed E-state index contributed by atoms with van der Waals surface area (Å²) in [4.78, 5) is 38.6. The van der Waals surface area contributed by atoms with Crippen LogP contribution in [0.15, 0.2) is 27.9 Å². The molecule has 0 aliphatic carbocycles. The maximum atomic E-state index is 12.4. The molecular weight excluding hydrogens is 485 g/mol. The van der Waals surface area contributed by atoms with Gasteiger partial charge < -0.3 is 19.9 Å². The molecule has 1 saturated heterocycles. The molecule has 2 aromatic rings. The topological polar surface area (TPSA) is 123 Å². The molecule has 0 bridgehead atoms. The molecule has 3 N–H and O–H groups in total. The van der Waals surface area contributed by atoms with Gasteiger partial charge in [0.25, 0.3) is 11.5 Å². The van der Waals surface area contributed by atoms with E-state index in [4.69, 9.17) is 44.3 Å². The summed E-state index contributed by atoms with van der Waals surface area (Å²) in [6, 6.07) is 2.83. The van der Waals surface area contributed by atoms with Crippen molar-refractivity contribution in [3.8, 4) is 5.75 Å². The SMILES string of the molecule is CCc1cn([C@@H]2CC(O)[C@H](CNC(=O)[C@H](C)Oc3cc(Cl)c(Cl)cc3Cl)O2)c(=O)[nH]c1=O. The van der Waals surface area contributed by atoms with Gasteiger partial charge in [-0.05, 0) is 19.4 Å². The molecule has 0 radical (unpaired) electrons. The summed E-state index contributed by atoms with van der Waals surface area (Å²) < 4.78 is 12.6. The number of hydrogen-bond acceptors (Lipinski definition) is 6. The zero-order valence-electron chi connectivity index (χ0n) is 17.2. The maximum Gasteiger partial charge on any atom is 0.330 e. The van der Waals surface area contributed by atoms with E-state index in [2.05, 4.69) is 10.3 Å². The van der Waals surface area contributed by atoms with Crippen molar-refractivity contribution >= 4 is 40.7 Å². The smallest absolute Gasteiger partial charge is 0.330 e. The number of H-pyrrole nitrogens is 1. The number of nitrogens with one attached hydrogen (secondary N) is 2. The summed E-state index contributed by atoms with van der Waals surface area (Å²) in [5, 5.41) is 13.7. The molecule has 1 aromatic heterocycles. The number of hydrogen-bond donors (Lipinski definition) is 3. The van der Waals surface area contributed by atoms with Crippen LogP contribution in [0.25, 0.3) is 0 Å². The number of nitrogens with zero attached hydrogens (tertiary/aromatic N) is 1. The van der Waals surface area contributed by atoms with Gasteiger partial charge in [0.05, 0.1) is 21.2 Å². The Labute approximate surface area is 198 Å². The van der Waals surface area contributed by atoms with E-state index in [1.807, 2.05) is 0 Å². The summed E-state index contributed by atoms with van der Waals surface area (Å²) in [6.45, 7) is 3.30. The quantitative estimate of drug-likeness (QED) is 0.495. The van der Waals surface area contributed by atoms with Gasteiger partial charge in [-0.15, -0.1) is 0 Å². The predicted octanol–water partition coefficient (Wildman–Crippen LogP) is 2.29. The average molecular weight is 507 g/mol. The zero-order chi connectivity index (χ0) is 23.6. The minimum Gasteiger partial charge on any atom is -0.479 e. The van der Waals surface area contributed by atoms with Gasteiger partial charge in [0, 0.05) is 30.8 Å². The van der Waals surface area contributed by atoms with Crippen LogP contribution in [0.3, 0.4) is 0 Å². The van der Waals surface area contributed by atoms with E-state index in [0.717, 1.165) is 0 Å². The molecule has 32 heavy (non-hydrogen) atoms. The summed E-state index contributed by atoms with van der Waals surface area (Å²) in [5.41, 5.74) is -0.659. The van der Waals surface area contributed by atoms with Gasteiger partial charge in [-0.2, -0.15) is 0 Å². The number of aryl methyl sites for hydroxylation is 1. The Morgan fingerprint density at radius 3 is 2.69 bits per heavy atom. The number of ether oxygens (including phenoxy) is 2. The van der Waals surface area contributed by atoms with Gasteiger partial charge >= 0.3 is 5.69 Å². The van der Waals surface area contributed by atoms with Crippen LogP contribution in [-0.4, -0.2) is 45.4 Å². The molecule has 1 aromatic carbocycles. The number of amides is 1. The lowest BCUT2D eigenvalue weighted by Gasteiger charge is -2.19. The number of rotatable bonds is 7. The highest BCUT2D eigenvalue weighted by Gasteiger charge is 2.36. The molecule has 1 aliphatic rings. The molecule has 3 rings (SSSR count). The predicted molar refractivity (Wildman–Crippen MR) is 120 cm³/mol. The van der Waals surface area contributed by atoms with Crippen molar-refractivity contribution in [2.24, 2.45) is 0 Å². The second-order valence-corrected chi connectivity index (χ2v) is 8.53. The second kappa shape index (κ2) is 10.3. The van der Waals surface area contributed by atoms with Gasteiger partial charge in [-0.1, -0.05) is 41.7 Å². The van der Waals surface area contributed by atoms with Crippen molar-refractivity contribution in [1.82, 2.24) is 14.9 Å². The molecule has 0 spiro atoms. The standard InChI is InChI=1S/C20H22Cl3N3O6/c1-3-10-8-26(20(30)25-19(10)29)17-6-14(27)16(32-17)7-24-18(28)9(2)31-15-5-12(22)11(21)4-13(15)23/h4-5,8-9,14,16-17,27H,3,6-7H2,1-2H3,(H,24,28)(H,25,29,30)/t9-,14?,16-,17-/m0/s1. The Kier molecular flexibility index (Phi) is 7.89. The van der Waals surface area contributed by atoms with Crippen LogP contribution in [0.1, 0.15) is 32.1 Å². The van der Waals surface area contributed by atoms with Crippen molar-refractivity contribution in [1.29, 1.82) is 0 Å². The first kappa shape index (κ1) is 24.6. The van der Waals surface area contributed by atoms with E-state index < -0.39 is 41.7 Å². The number of halogens is 3. The Balaban J connectivity index is 1.60. The molecule has 1 unspecified atom stereocenters. The molecule has 12 heteroatoms. The summed E-state index contributed by atoms with van der Waals surface area (Å²) in [5.74, 6) is -0.272. The molecule has 4 atom stereocenters. The molecule has 2 heterocycles. The van der Waals surface area contributed by atoms with Crippen molar-refractivity contribution < 1.29 is 19.4 Å². The number of benzene rings is 1. The highest BCUT2D eigenvalue weighted by Crippen LogP contribution is 2.34. The Morgan fingerprint density at radius 2 is 2.00 bits per heavy atom. The van der Waals surface area contributed by atoms with Crippen LogP contribution in [-0.2, 0) is 16.0 Å². The largest absolute Gasteiger partial charge is 0.479 e. The van der Waals surface area contributed by atoms with Crippen LogP contribution < -0.4 is 21.3 Å². The third kappa shape index (κ3) is 5.47. The number of aliphatic hydroxyl groups is 1. The number of carbonyl (C=O) groups is 1. The van der Waals surface area contributed by atoms with Crippen molar-refractivity contribution in [3.05, 3.63) is 59.8 Å². The normalized spacial score (nSPS) is 21.4. The summed E-state index contributed by atoms with van der Waals surface area (Å²) in [7, 11) is 0. The molecule has 9 nitrogen and oxygen atoms in total. The lowest BCUT2D eigenvalue weighted by atomic mass is 10.1. The third-order valence-corrected chi connectivity index (χ3v) is 6.08. The van der Waals surface area contributed by atoms with Crippen LogP contribution in [0.5, 0.6) is 5.75 Å². The molecule has 1 aliphatic heterocycles. The fourth-order valence-corrected chi connectivity index (χ4v) is 3.83. The van der Waals surface area contributed by atoms with Gasteiger partial charge in [0.2, 0.25) is 0 Å². The average Bonchev–Trinajstić information content (AvgIpc) is 3.10. The summed E-state index contributed by atoms with van der Waals surface area (Å²) >= 11 is 17.9. The van der Waals surface area contributed by atoms with Gasteiger partial charge in [-0.3, -0.25) is 19.1 Å². The van der Waals surface area contributed by atoms with Crippen molar-refractivity contribution in [3.63, 3.8) is 0 Å². The monoisotopic (exact) mass is 505 g/mol. The van der Waals surface area contributed by atoms with Crippen LogP contribution in [0.2, 0.25) is 15.1 Å². The van der Waals surface area contributed by atoms with Gasteiger partial charge in [0.1, 0.15) is 18.1 Å². The van der Waals surface area contributed by atoms with Crippen LogP contribution in [0, 0.1) is 0 Å². The van der Waals surface area contributed by atoms with Crippen LogP contribution in [0.4, 0.5) is 0 Å². The second-order valence-electron chi connectivity index (χ2n) is 7.31. The molecular formula is C20H22Cl3N3O6. The highest BCUT2D eigenvalue weighted by molar-refractivity contribution is 6.43. The number of aromatic nitrogens is 2. The number of aliphatic hydroxyl groups excluding tert-OH is 1. The van der Waals surface area contributed by atoms with Crippen molar-refractivity contribution in [2.75, 3.05) is 6.54 Å².